The van der Waals surface area contributed by atoms with E-state index in [1.54, 1.807) is 18.3 Å². The highest BCUT2D eigenvalue weighted by Crippen LogP contribution is 2.29. The van der Waals surface area contributed by atoms with Crippen LogP contribution in [0.2, 0.25) is 0 Å². The molecule has 0 fully saturated rings. The molecule has 1 aliphatic rings. The first-order valence-corrected chi connectivity index (χ1v) is 9.65. The Morgan fingerprint density at radius 2 is 2.20 bits per heavy atom. The molecule has 7 heteroatoms. The van der Waals surface area contributed by atoms with Gasteiger partial charge >= 0.3 is 0 Å². The van der Waals surface area contributed by atoms with E-state index in [2.05, 4.69) is 10.3 Å². The van der Waals surface area contributed by atoms with Gasteiger partial charge in [-0.05, 0) is 35.9 Å². The minimum Gasteiger partial charge on any atom is -0.487 e. The van der Waals surface area contributed by atoms with Gasteiger partial charge in [0.1, 0.15) is 18.2 Å². The maximum atomic E-state index is 13.0. The molecular weight excluding hydrogens is 383 g/mol. The average molecular weight is 407 g/mol. The SMILES string of the molecule is [2H]C([2H])([2H])n1c2c(c3ccc(-n4ccc(OCc5ccc(F)cn5)cc4=O)cc31)CNCC2. The van der Waals surface area contributed by atoms with Gasteiger partial charge in [0.2, 0.25) is 0 Å². The number of nitrogens with one attached hydrogen (secondary N) is 1. The molecule has 0 saturated carbocycles. The molecule has 0 radical (unpaired) electrons. The quantitative estimate of drug-likeness (QED) is 0.565. The van der Waals surface area contributed by atoms with Crippen LogP contribution in [0.25, 0.3) is 16.6 Å². The number of aromatic nitrogens is 3. The van der Waals surface area contributed by atoms with Crippen LogP contribution in [0.5, 0.6) is 5.75 Å². The Morgan fingerprint density at radius 3 is 3.00 bits per heavy atom. The van der Waals surface area contributed by atoms with Gasteiger partial charge in [-0.2, -0.15) is 0 Å². The predicted octanol–water partition coefficient (Wildman–Crippen LogP) is 3.09. The topological polar surface area (TPSA) is 61.1 Å². The van der Waals surface area contributed by atoms with E-state index in [1.165, 1.54) is 27.3 Å². The lowest BCUT2D eigenvalue weighted by Crippen LogP contribution is -2.24. The van der Waals surface area contributed by atoms with Crippen molar-refractivity contribution in [1.82, 2.24) is 19.4 Å². The largest absolute Gasteiger partial charge is 0.487 e. The number of hydrogen-bond acceptors (Lipinski definition) is 4. The summed E-state index contributed by atoms with van der Waals surface area (Å²) in [4.78, 5) is 16.7. The van der Waals surface area contributed by atoms with Crippen molar-refractivity contribution in [2.24, 2.45) is 6.98 Å². The third kappa shape index (κ3) is 3.27. The Labute approximate surface area is 176 Å². The fourth-order valence-electron chi connectivity index (χ4n) is 3.84. The summed E-state index contributed by atoms with van der Waals surface area (Å²) in [6.07, 6.45) is 3.32. The number of rotatable bonds is 4. The molecular formula is C23H21FN4O2. The van der Waals surface area contributed by atoms with E-state index in [9.17, 15) is 9.18 Å². The van der Waals surface area contributed by atoms with Gasteiger partial charge in [-0.3, -0.25) is 14.3 Å². The molecule has 1 aromatic carbocycles. The Morgan fingerprint density at radius 1 is 1.27 bits per heavy atom. The van der Waals surface area contributed by atoms with Gasteiger partial charge in [-0.25, -0.2) is 4.39 Å². The molecule has 0 aliphatic carbocycles. The van der Waals surface area contributed by atoms with Crippen molar-refractivity contribution in [3.05, 3.63) is 88.0 Å². The van der Waals surface area contributed by atoms with Crippen LogP contribution in [0.4, 0.5) is 4.39 Å². The highest BCUT2D eigenvalue weighted by atomic mass is 19.1. The molecule has 0 amide bonds. The summed E-state index contributed by atoms with van der Waals surface area (Å²) in [7, 11) is 0. The molecule has 3 aromatic heterocycles. The number of pyridine rings is 2. The van der Waals surface area contributed by atoms with Crippen LogP contribution in [0.3, 0.4) is 0 Å². The summed E-state index contributed by atoms with van der Waals surface area (Å²) in [5.41, 5.74) is 3.16. The molecule has 5 rings (SSSR count). The fraction of sp³-hybridized carbons (Fsp3) is 0.217. The van der Waals surface area contributed by atoms with Crippen LogP contribution in [0.1, 0.15) is 21.1 Å². The molecule has 4 aromatic rings. The molecule has 4 heterocycles. The Kier molecular flexibility index (Phi) is 3.81. The van der Waals surface area contributed by atoms with Crippen molar-refractivity contribution >= 4 is 10.9 Å². The van der Waals surface area contributed by atoms with E-state index in [4.69, 9.17) is 8.85 Å². The van der Waals surface area contributed by atoms with Gasteiger partial charge in [-0.1, -0.05) is 6.07 Å². The monoisotopic (exact) mass is 407 g/mol. The zero-order chi connectivity index (χ0) is 23.2. The third-order valence-corrected chi connectivity index (χ3v) is 5.35. The number of aryl methyl sites for hydroxylation is 1. The Balaban J connectivity index is 1.49. The molecule has 0 unspecified atom stereocenters. The number of benzene rings is 1. The summed E-state index contributed by atoms with van der Waals surface area (Å²) in [6, 6.07) is 11.2. The summed E-state index contributed by atoms with van der Waals surface area (Å²) >= 11 is 0. The smallest absolute Gasteiger partial charge is 0.258 e. The molecule has 0 atom stereocenters. The van der Waals surface area contributed by atoms with Gasteiger partial charge in [0.05, 0.1) is 23.1 Å². The first kappa shape index (κ1) is 15.4. The summed E-state index contributed by atoms with van der Waals surface area (Å²) in [5.74, 6) is -0.0732. The number of halogens is 1. The highest BCUT2D eigenvalue weighted by Gasteiger charge is 2.18. The van der Waals surface area contributed by atoms with Gasteiger partial charge in [-0.15, -0.1) is 0 Å². The first-order chi connectivity index (χ1) is 15.8. The minimum atomic E-state index is -2.32. The van der Waals surface area contributed by atoms with E-state index in [0.717, 1.165) is 29.4 Å². The minimum absolute atomic E-state index is 0.0986. The molecule has 1 N–H and O–H groups in total. The van der Waals surface area contributed by atoms with Crippen molar-refractivity contribution < 1.29 is 13.2 Å². The summed E-state index contributed by atoms with van der Waals surface area (Å²) in [6.45, 7) is -0.885. The summed E-state index contributed by atoms with van der Waals surface area (Å²) < 4.78 is 45.6. The lowest BCUT2D eigenvalue weighted by molar-refractivity contribution is 0.300. The number of nitrogens with zero attached hydrogens (tertiary/aromatic N) is 3. The maximum Gasteiger partial charge on any atom is 0.258 e. The number of ether oxygens (including phenoxy) is 1. The summed E-state index contributed by atoms with van der Waals surface area (Å²) in [5, 5.41) is 4.17. The fourth-order valence-corrected chi connectivity index (χ4v) is 3.84. The standard InChI is InChI=1S/C23H21FN4O2/c1-27-21-6-8-25-13-20(21)19-5-4-17(10-22(19)27)28-9-7-18(11-23(28)29)30-14-16-3-2-15(24)12-26-16/h2-5,7,9-12,25H,6,8,13-14H2,1H3/i1D3. The molecule has 0 bridgehead atoms. The van der Waals surface area contributed by atoms with Crippen LogP contribution in [-0.4, -0.2) is 20.7 Å². The van der Waals surface area contributed by atoms with E-state index >= 15 is 0 Å². The lowest BCUT2D eigenvalue weighted by atomic mass is 10.1. The molecule has 30 heavy (non-hydrogen) atoms. The van der Waals surface area contributed by atoms with Crippen molar-refractivity contribution in [1.29, 1.82) is 0 Å². The first-order valence-electron chi connectivity index (χ1n) is 11.1. The van der Waals surface area contributed by atoms with Crippen LogP contribution in [0, 0.1) is 5.82 Å². The lowest BCUT2D eigenvalue weighted by Gasteiger charge is -2.14. The Bertz CT molecular complexity index is 1390. The van der Waals surface area contributed by atoms with Crippen molar-refractivity contribution in [3.63, 3.8) is 0 Å². The van der Waals surface area contributed by atoms with Crippen LogP contribution < -0.4 is 15.6 Å². The zero-order valence-electron chi connectivity index (χ0n) is 19.1. The predicted molar refractivity (Wildman–Crippen MR) is 112 cm³/mol. The molecule has 0 spiro atoms. The van der Waals surface area contributed by atoms with E-state index < -0.39 is 12.8 Å². The zero-order valence-corrected chi connectivity index (χ0v) is 16.1. The van der Waals surface area contributed by atoms with Gasteiger partial charge < -0.3 is 14.6 Å². The third-order valence-electron chi connectivity index (χ3n) is 5.35. The average Bonchev–Trinajstić information content (AvgIpc) is 3.13. The van der Waals surface area contributed by atoms with E-state index in [-0.39, 0.29) is 12.2 Å². The van der Waals surface area contributed by atoms with Crippen molar-refractivity contribution in [2.75, 3.05) is 6.54 Å². The van der Waals surface area contributed by atoms with E-state index in [0.29, 0.717) is 35.6 Å². The van der Waals surface area contributed by atoms with Gasteiger partial charge in [0.25, 0.3) is 5.56 Å². The normalized spacial score (nSPS) is 15.3. The van der Waals surface area contributed by atoms with E-state index in [1.807, 2.05) is 12.1 Å². The Hall–Kier alpha value is -3.45. The van der Waals surface area contributed by atoms with Crippen LogP contribution in [-0.2, 0) is 26.5 Å². The van der Waals surface area contributed by atoms with Crippen LogP contribution >= 0.6 is 0 Å². The highest BCUT2D eigenvalue weighted by molar-refractivity contribution is 5.87. The number of fused-ring (bicyclic) bond motifs is 3. The van der Waals surface area contributed by atoms with Gasteiger partial charge in [0, 0.05) is 53.9 Å². The van der Waals surface area contributed by atoms with Crippen LogP contribution in [0.15, 0.2) is 59.7 Å². The maximum absolute atomic E-state index is 13.0. The second-order valence-electron chi connectivity index (χ2n) is 7.22. The second kappa shape index (κ2) is 7.42. The molecule has 6 nitrogen and oxygen atoms in total. The molecule has 1 aliphatic heterocycles. The van der Waals surface area contributed by atoms with Gasteiger partial charge in [0.15, 0.2) is 0 Å². The van der Waals surface area contributed by atoms with Crippen molar-refractivity contribution in [2.45, 2.75) is 19.6 Å². The second-order valence-corrected chi connectivity index (χ2v) is 7.22. The number of hydrogen-bond donors (Lipinski definition) is 1. The van der Waals surface area contributed by atoms with Crippen molar-refractivity contribution in [3.8, 4) is 11.4 Å². The molecule has 0 saturated heterocycles. The molecule has 152 valence electrons.